The highest BCUT2D eigenvalue weighted by atomic mass is 16.5. The van der Waals surface area contributed by atoms with E-state index >= 15 is 0 Å². The fraction of sp³-hybridized carbons (Fsp3) is 0.857. The van der Waals surface area contributed by atoms with Crippen LogP contribution in [0.4, 0.5) is 0 Å². The first-order chi connectivity index (χ1) is 5.27. The highest BCUT2D eigenvalue weighted by Crippen LogP contribution is 2.12. The highest BCUT2D eigenvalue weighted by Gasteiger charge is 2.28. The summed E-state index contributed by atoms with van der Waals surface area (Å²) >= 11 is 0. The molecule has 0 bridgehead atoms. The molecule has 0 saturated carbocycles. The van der Waals surface area contributed by atoms with Crippen molar-refractivity contribution < 1.29 is 14.6 Å². The molecule has 2 N–H and O–H groups in total. The van der Waals surface area contributed by atoms with E-state index < -0.39 is 0 Å². The van der Waals surface area contributed by atoms with E-state index in [2.05, 4.69) is 10.1 Å². The van der Waals surface area contributed by atoms with Gasteiger partial charge in [0.05, 0.1) is 13.7 Å². The lowest BCUT2D eigenvalue weighted by molar-refractivity contribution is -0.142. The largest absolute Gasteiger partial charge is 0.468 e. The molecule has 1 aliphatic heterocycles. The number of ether oxygens (including phenoxy) is 1. The van der Waals surface area contributed by atoms with Crippen LogP contribution in [-0.4, -0.2) is 36.9 Å². The molecule has 0 radical (unpaired) electrons. The van der Waals surface area contributed by atoms with E-state index in [0.29, 0.717) is 0 Å². The van der Waals surface area contributed by atoms with Crippen LogP contribution in [0.3, 0.4) is 0 Å². The molecule has 0 aromatic carbocycles. The summed E-state index contributed by atoms with van der Waals surface area (Å²) in [6.07, 6.45) is 1.61. The minimum absolute atomic E-state index is 0.0686. The van der Waals surface area contributed by atoms with Gasteiger partial charge in [-0.3, -0.25) is 10.1 Å². The number of carbonyl (C=O) groups is 1. The summed E-state index contributed by atoms with van der Waals surface area (Å²) in [7, 11) is 1.37. The van der Waals surface area contributed by atoms with Gasteiger partial charge in [0.2, 0.25) is 0 Å². The van der Waals surface area contributed by atoms with Crippen LogP contribution in [0.25, 0.3) is 0 Å². The van der Waals surface area contributed by atoms with Crippen LogP contribution in [0.2, 0.25) is 0 Å². The van der Waals surface area contributed by atoms with Gasteiger partial charge in [0, 0.05) is 6.04 Å². The molecule has 0 spiro atoms. The SMILES string of the molecule is COC(=O)[C@@H]1CC[C@H](CO)N1. The van der Waals surface area contributed by atoms with Gasteiger partial charge in [-0.05, 0) is 12.8 Å². The lowest BCUT2D eigenvalue weighted by Crippen LogP contribution is -2.37. The number of aliphatic hydroxyl groups excluding tert-OH is 1. The molecule has 4 nitrogen and oxygen atoms in total. The molecule has 2 atom stereocenters. The molecule has 0 unspecified atom stereocenters. The fourth-order valence-corrected chi connectivity index (χ4v) is 1.29. The van der Waals surface area contributed by atoms with E-state index in [1.165, 1.54) is 7.11 Å². The Labute approximate surface area is 65.5 Å². The topological polar surface area (TPSA) is 58.6 Å². The average molecular weight is 159 g/mol. The second-order valence-electron chi connectivity index (χ2n) is 2.70. The minimum atomic E-state index is -0.235. The first-order valence-electron chi connectivity index (χ1n) is 3.72. The summed E-state index contributed by atoms with van der Waals surface area (Å²) in [6.45, 7) is 0.0908. The van der Waals surface area contributed by atoms with Gasteiger partial charge >= 0.3 is 5.97 Å². The van der Waals surface area contributed by atoms with Crippen molar-refractivity contribution in [1.29, 1.82) is 0 Å². The summed E-state index contributed by atoms with van der Waals surface area (Å²) in [6, 6.07) is -0.142. The lowest BCUT2D eigenvalue weighted by atomic mass is 10.2. The van der Waals surface area contributed by atoms with Crippen molar-refractivity contribution in [3.63, 3.8) is 0 Å². The molecule has 1 heterocycles. The molecular formula is C7H13NO3. The maximum atomic E-state index is 10.9. The Morgan fingerprint density at radius 1 is 1.73 bits per heavy atom. The number of nitrogens with one attached hydrogen (secondary N) is 1. The smallest absolute Gasteiger partial charge is 0.322 e. The summed E-state index contributed by atoms with van der Waals surface area (Å²) in [5.41, 5.74) is 0. The van der Waals surface area contributed by atoms with Crippen molar-refractivity contribution >= 4 is 5.97 Å². The Morgan fingerprint density at radius 2 is 2.45 bits per heavy atom. The van der Waals surface area contributed by atoms with E-state index in [4.69, 9.17) is 5.11 Å². The Morgan fingerprint density at radius 3 is 2.91 bits per heavy atom. The molecule has 1 saturated heterocycles. The molecule has 1 fully saturated rings. The van der Waals surface area contributed by atoms with Crippen molar-refractivity contribution in [3.8, 4) is 0 Å². The third-order valence-electron chi connectivity index (χ3n) is 1.95. The van der Waals surface area contributed by atoms with Crippen molar-refractivity contribution in [2.24, 2.45) is 0 Å². The monoisotopic (exact) mass is 159 g/mol. The van der Waals surface area contributed by atoms with Crippen LogP contribution in [0, 0.1) is 0 Å². The Hall–Kier alpha value is -0.610. The number of rotatable bonds is 2. The van der Waals surface area contributed by atoms with Crippen molar-refractivity contribution in [2.45, 2.75) is 24.9 Å². The molecule has 1 rings (SSSR count). The van der Waals surface area contributed by atoms with Gasteiger partial charge in [0.1, 0.15) is 6.04 Å². The van der Waals surface area contributed by atoms with Crippen molar-refractivity contribution in [3.05, 3.63) is 0 Å². The number of hydrogen-bond acceptors (Lipinski definition) is 4. The third kappa shape index (κ3) is 1.91. The quantitative estimate of drug-likeness (QED) is 0.522. The van der Waals surface area contributed by atoms with Crippen LogP contribution in [-0.2, 0) is 9.53 Å². The summed E-state index contributed by atoms with van der Waals surface area (Å²) in [5.74, 6) is -0.235. The van der Waals surface area contributed by atoms with E-state index in [-0.39, 0.29) is 24.7 Å². The van der Waals surface area contributed by atoms with Gasteiger partial charge in [-0.25, -0.2) is 0 Å². The summed E-state index contributed by atoms with van der Waals surface area (Å²) in [4.78, 5) is 10.9. The first kappa shape index (κ1) is 8.49. The van der Waals surface area contributed by atoms with Crippen molar-refractivity contribution in [2.75, 3.05) is 13.7 Å². The van der Waals surface area contributed by atoms with E-state index in [9.17, 15) is 4.79 Å². The molecule has 0 amide bonds. The number of esters is 1. The predicted octanol–water partition coefficient (Wildman–Crippen LogP) is -0.728. The Kier molecular flexibility index (Phi) is 2.84. The molecule has 0 aliphatic carbocycles. The third-order valence-corrected chi connectivity index (χ3v) is 1.95. The maximum Gasteiger partial charge on any atom is 0.322 e. The van der Waals surface area contributed by atoms with Gasteiger partial charge < -0.3 is 9.84 Å². The summed E-state index contributed by atoms with van der Waals surface area (Å²) < 4.78 is 4.54. The summed E-state index contributed by atoms with van der Waals surface area (Å²) in [5, 5.41) is 11.7. The maximum absolute atomic E-state index is 10.9. The Bertz CT molecular complexity index is 149. The first-order valence-corrected chi connectivity index (χ1v) is 3.72. The number of aliphatic hydroxyl groups is 1. The molecule has 0 aromatic rings. The normalized spacial score (nSPS) is 30.4. The molecule has 0 aromatic heterocycles. The molecule has 4 heteroatoms. The van der Waals surface area contributed by atoms with Crippen LogP contribution >= 0.6 is 0 Å². The second kappa shape index (κ2) is 3.69. The van der Waals surface area contributed by atoms with Gasteiger partial charge in [0.25, 0.3) is 0 Å². The minimum Gasteiger partial charge on any atom is -0.468 e. The average Bonchev–Trinajstić information content (AvgIpc) is 2.50. The van der Waals surface area contributed by atoms with Gasteiger partial charge in [-0.15, -0.1) is 0 Å². The Balaban J connectivity index is 2.35. The van der Waals surface area contributed by atoms with Crippen LogP contribution in [0.5, 0.6) is 0 Å². The van der Waals surface area contributed by atoms with Gasteiger partial charge in [-0.1, -0.05) is 0 Å². The van der Waals surface area contributed by atoms with E-state index in [1.807, 2.05) is 0 Å². The lowest BCUT2D eigenvalue weighted by Gasteiger charge is -2.09. The number of methoxy groups -OCH3 is 1. The molecule has 11 heavy (non-hydrogen) atoms. The van der Waals surface area contributed by atoms with Gasteiger partial charge in [0.15, 0.2) is 0 Å². The fourth-order valence-electron chi connectivity index (χ4n) is 1.29. The standard InChI is InChI=1S/C7H13NO3/c1-11-7(10)6-3-2-5(4-9)8-6/h5-6,8-9H,2-4H2,1H3/t5-,6+/m1/s1. The highest BCUT2D eigenvalue weighted by molar-refractivity contribution is 5.76. The molecule has 1 aliphatic rings. The van der Waals surface area contributed by atoms with Crippen LogP contribution in [0.1, 0.15) is 12.8 Å². The number of carbonyl (C=O) groups excluding carboxylic acids is 1. The number of hydrogen-bond donors (Lipinski definition) is 2. The van der Waals surface area contributed by atoms with E-state index in [0.717, 1.165) is 12.8 Å². The predicted molar refractivity (Wildman–Crippen MR) is 39.0 cm³/mol. The molecule has 64 valence electrons. The second-order valence-corrected chi connectivity index (χ2v) is 2.70. The van der Waals surface area contributed by atoms with Gasteiger partial charge in [-0.2, -0.15) is 0 Å². The zero-order valence-electron chi connectivity index (χ0n) is 6.54. The van der Waals surface area contributed by atoms with Crippen LogP contribution < -0.4 is 5.32 Å². The molecular weight excluding hydrogens is 146 g/mol. The van der Waals surface area contributed by atoms with Crippen LogP contribution in [0.15, 0.2) is 0 Å². The van der Waals surface area contributed by atoms with E-state index in [1.54, 1.807) is 0 Å². The zero-order valence-corrected chi connectivity index (χ0v) is 6.54. The zero-order chi connectivity index (χ0) is 8.27. The van der Waals surface area contributed by atoms with Crippen molar-refractivity contribution in [1.82, 2.24) is 5.32 Å².